The summed E-state index contributed by atoms with van der Waals surface area (Å²) in [5.41, 5.74) is 3.37. The summed E-state index contributed by atoms with van der Waals surface area (Å²) in [6.07, 6.45) is 4.44. The summed E-state index contributed by atoms with van der Waals surface area (Å²) in [4.78, 5) is 17.0. The number of imidazole rings is 1. The van der Waals surface area contributed by atoms with E-state index in [9.17, 15) is 13.2 Å². The van der Waals surface area contributed by atoms with E-state index in [0.29, 0.717) is 18.8 Å². The van der Waals surface area contributed by atoms with Gasteiger partial charge in [-0.3, -0.25) is 9.36 Å². The van der Waals surface area contributed by atoms with E-state index in [0.717, 1.165) is 36.0 Å². The zero-order valence-corrected chi connectivity index (χ0v) is 18.1. The van der Waals surface area contributed by atoms with E-state index in [1.807, 2.05) is 41.0 Å². The lowest BCUT2D eigenvalue weighted by Gasteiger charge is -2.24. The number of fused-ring (bicyclic) bond motifs is 1. The third-order valence-electron chi connectivity index (χ3n) is 5.57. The highest BCUT2D eigenvalue weighted by atomic mass is 32.2. The fourth-order valence-electron chi connectivity index (χ4n) is 3.88. The molecule has 0 aliphatic carbocycles. The minimum Gasteiger partial charge on any atom is -0.438 e. The van der Waals surface area contributed by atoms with Gasteiger partial charge >= 0.3 is 0 Å². The molecule has 1 N–H and O–H groups in total. The second kappa shape index (κ2) is 8.25. The Kier molecular flexibility index (Phi) is 5.28. The van der Waals surface area contributed by atoms with Gasteiger partial charge in [0.1, 0.15) is 6.33 Å². The molecule has 0 unspecified atom stereocenters. The number of benzene rings is 2. The van der Waals surface area contributed by atoms with Crippen molar-refractivity contribution in [1.29, 1.82) is 0 Å². The van der Waals surface area contributed by atoms with E-state index < -0.39 is 15.9 Å². The highest BCUT2D eigenvalue weighted by molar-refractivity contribution is 7.89. The predicted molar refractivity (Wildman–Crippen MR) is 120 cm³/mol. The van der Waals surface area contributed by atoms with Crippen molar-refractivity contribution >= 4 is 32.7 Å². The van der Waals surface area contributed by atoms with Crippen molar-refractivity contribution in [3.8, 4) is 5.69 Å². The topological polar surface area (TPSA) is 97.4 Å². The molecular formula is C23H22N4O4S. The average molecular weight is 451 g/mol. The number of nitrogens with zero attached hydrogens (tertiary/aromatic N) is 3. The summed E-state index contributed by atoms with van der Waals surface area (Å²) in [5, 5.41) is 2.54. The minimum atomic E-state index is -3.72. The molecule has 3 heterocycles. The Morgan fingerprint density at radius 1 is 0.938 bits per heavy atom. The molecule has 0 saturated carbocycles. The van der Waals surface area contributed by atoms with Crippen LogP contribution in [0.3, 0.4) is 0 Å². The van der Waals surface area contributed by atoms with Crippen molar-refractivity contribution in [1.82, 2.24) is 13.9 Å². The number of rotatable bonds is 5. The summed E-state index contributed by atoms with van der Waals surface area (Å²) >= 11 is 0. The van der Waals surface area contributed by atoms with Gasteiger partial charge in [-0.15, -0.1) is 0 Å². The number of anilines is 1. The fraction of sp³-hybridized carbons (Fsp3) is 0.217. The molecule has 0 radical (unpaired) electrons. The number of amides is 1. The minimum absolute atomic E-state index is 0.0507. The summed E-state index contributed by atoms with van der Waals surface area (Å²) in [5.74, 6) is -0.559. The standard InChI is InChI=1S/C23H22N4O4S/c28-23(21-12-13-22(31-21)32(29,30)26-14-4-1-5-15-26)25-17-8-10-18(11-9-17)27-16-24-19-6-2-3-7-20(19)27/h2-3,6-13,16H,1,4-5,14-15H2,(H,25,28). The molecule has 0 atom stereocenters. The van der Waals surface area contributed by atoms with E-state index in [1.54, 1.807) is 18.5 Å². The molecule has 0 bridgehead atoms. The predicted octanol–water partition coefficient (Wildman–Crippen LogP) is 4.05. The van der Waals surface area contributed by atoms with Crippen LogP contribution in [0.4, 0.5) is 5.69 Å². The highest BCUT2D eigenvalue weighted by Crippen LogP contribution is 2.24. The first-order chi connectivity index (χ1) is 15.5. The summed E-state index contributed by atoms with van der Waals surface area (Å²) in [6.45, 7) is 0.951. The lowest BCUT2D eigenvalue weighted by Crippen LogP contribution is -2.35. The van der Waals surface area contributed by atoms with Crippen LogP contribution in [-0.2, 0) is 10.0 Å². The lowest BCUT2D eigenvalue weighted by molar-refractivity contribution is 0.0991. The smallest absolute Gasteiger partial charge is 0.291 e. The quantitative estimate of drug-likeness (QED) is 0.495. The molecule has 4 aromatic rings. The van der Waals surface area contributed by atoms with Crippen LogP contribution < -0.4 is 5.32 Å². The molecule has 1 aliphatic heterocycles. The number of carbonyl (C=O) groups is 1. The Morgan fingerprint density at radius 2 is 1.69 bits per heavy atom. The van der Waals surface area contributed by atoms with Crippen molar-refractivity contribution < 1.29 is 17.6 Å². The largest absolute Gasteiger partial charge is 0.438 e. The molecule has 0 spiro atoms. The second-order valence-electron chi connectivity index (χ2n) is 7.69. The maximum absolute atomic E-state index is 12.7. The van der Waals surface area contributed by atoms with Gasteiger partial charge in [0.2, 0.25) is 5.09 Å². The van der Waals surface area contributed by atoms with Crippen LogP contribution in [0.2, 0.25) is 0 Å². The van der Waals surface area contributed by atoms with Crippen molar-refractivity contribution in [2.24, 2.45) is 0 Å². The van der Waals surface area contributed by atoms with Crippen molar-refractivity contribution in [3.05, 3.63) is 72.8 Å². The molecule has 32 heavy (non-hydrogen) atoms. The van der Waals surface area contributed by atoms with Crippen LogP contribution in [0, 0.1) is 0 Å². The molecule has 1 aliphatic rings. The third-order valence-corrected chi connectivity index (χ3v) is 7.34. The monoisotopic (exact) mass is 450 g/mol. The molecular weight excluding hydrogens is 428 g/mol. The molecule has 164 valence electrons. The van der Waals surface area contributed by atoms with Gasteiger partial charge in [-0.1, -0.05) is 18.6 Å². The first-order valence-electron chi connectivity index (χ1n) is 10.5. The maximum atomic E-state index is 12.7. The number of carbonyl (C=O) groups excluding carboxylic acids is 1. The van der Waals surface area contributed by atoms with Gasteiger partial charge in [0.25, 0.3) is 15.9 Å². The number of sulfonamides is 1. The van der Waals surface area contributed by atoms with Crippen molar-refractivity contribution in [3.63, 3.8) is 0 Å². The Balaban J connectivity index is 1.30. The normalized spacial score (nSPS) is 15.1. The van der Waals surface area contributed by atoms with Gasteiger partial charge in [-0.2, -0.15) is 4.31 Å². The first kappa shape index (κ1) is 20.5. The summed E-state index contributed by atoms with van der Waals surface area (Å²) in [6, 6.07) is 17.9. The lowest BCUT2D eigenvalue weighted by atomic mass is 10.2. The van der Waals surface area contributed by atoms with Crippen molar-refractivity contribution in [2.45, 2.75) is 24.4 Å². The Morgan fingerprint density at radius 3 is 2.47 bits per heavy atom. The second-order valence-corrected chi connectivity index (χ2v) is 9.56. The molecule has 9 heteroatoms. The number of furan rings is 1. The molecule has 1 amide bonds. The number of hydrogen-bond acceptors (Lipinski definition) is 5. The molecule has 1 saturated heterocycles. The Bertz CT molecular complexity index is 1370. The van der Waals surface area contributed by atoms with Gasteiger partial charge in [-0.05, 0) is 61.4 Å². The number of hydrogen-bond donors (Lipinski definition) is 1. The van der Waals surface area contributed by atoms with E-state index in [4.69, 9.17) is 4.42 Å². The number of aromatic nitrogens is 2. The third kappa shape index (κ3) is 3.80. The van der Waals surface area contributed by atoms with E-state index in [-0.39, 0.29) is 10.9 Å². The van der Waals surface area contributed by atoms with Crippen LogP contribution in [0.25, 0.3) is 16.7 Å². The van der Waals surface area contributed by atoms with Crippen LogP contribution in [0.1, 0.15) is 29.8 Å². The van der Waals surface area contributed by atoms with Crippen molar-refractivity contribution in [2.75, 3.05) is 18.4 Å². The van der Waals surface area contributed by atoms with Crippen LogP contribution >= 0.6 is 0 Å². The van der Waals surface area contributed by atoms with Gasteiger partial charge < -0.3 is 9.73 Å². The van der Waals surface area contributed by atoms with Gasteiger partial charge in [0.15, 0.2) is 5.76 Å². The average Bonchev–Trinajstić information content (AvgIpc) is 3.49. The molecule has 2 aromatic heterocycles. The molecule has 2 aromatic carbocycles. The number of para-hydroxylation sites is 2. The van der Waals surface area contributed by atoms with Crippen LogP contribution in [0.15, 0.2) is 76.5 Å². The number of piperidine rings is 1. The van der Waals surface area contributed by atoms with Gasteiger partial charge in [0, 0.05) is 24.5 Å². The molecule has 5 rings (SSSR count). The molecule has 8 nitrogen and oxygen atoms in total. The number of nitrogens with one attached hydrogen (secondary N) is 1. The Labute approximate surface area is 185 Å². The van der Waals surface area contributed by atoms with Gasteiger partial charge in [0.05, 0.1) is 11.0 Å². The first-order valence-corrected chi connectivity index (χ1v) is 11.9. The van der Waals surface area contributed by atoms with E-state index in [1.165, 1.54) is 16.4 Å². The fourth-order valence-corrected chi connectivity index (χ4v) is 5.30. The Hall–Kier alpha value is -3.43. The highest BCUT2D eigenvalue weighted by Gasteiger charge is 2.29. The van der Waals surface area contributed by atoms with E-state index in [2.05, 4.69) is 10.3 Å². The summed E-state index contributed by atoms with van der Waals surface area (Å²) in [7, 11) is -3.72. The zero-order valence-electron chi connectivity index (χ0n) is 17.3. The maximum Gasteiger partial charge on any atom is 0.291 e. The van der Waals surface area contributed by atoms with Crippen LogP contribution in [0.5, 0.6) is 0 Å². The summed E-state index contributed by atoms with van der Waals surface area (Å²) < 4.78 is 34.2. The van der Waals surface area contributed by atoms with Crippen LogP contribution in [-0.4, -0.2) is 41.3 Å². The SMILES string of the molecule is O=C(Nc1ccc(-n2cnc3ccccc32)cc1)c1ccc(S(=O)(=O)N2CCCCC2)o1. The van der Waals surface area contributed by atoms with Gasteiger partial charge in [-0.25, -0.2) is 13.4 Å². The zero-order chi connectivity index (χ0) is 22.1. The molecule has 1 fully saturated rings. The van der Waals surface area contributed by atoms with E-state index >= 15 is 0 Å².